The maximum absolute atomic E-state index is 12.6. The summed E-state index contributed by atoms with van der Waals surface area (Å²) >= 11 is 0. The summed E-state index contributed by atoms with van der Waals surface area (Å²) in [5.41, 5.74) is 3.56. The third-order valence-corrected chi connectivity index (χ3v) is 5.02. The smallest absolute Gasteiger partial charge is 0.404 e. The van der Waals surface area contributed by atoms with Gasteiger partial charge in [-0.05, 0) is 42.5 Å². The zero-order valence-corrected chi connectivity index (χ0v) is 17.4. The molecule has 0 spiro atoms. The molecule has 168 valence electrons. The van der Waals surface area contributed by atoms with Crippen LogP contribution in [0.5, 0.6) is 0 Å². The van der Waals surface area contributed by atoms with Crippen molar-refractivity contribution in [2.45, 2.75) is 25.3 Å². The molecular formula is C23H26N4O5. The van der Waals surface area contributed by atoms with Crippen LogP contribution in [0.4, 0.5) is 9.59 Å². The molecule has 3 amide bonds. The molecule has 0 aliphatic heterocycles. The van der Waals surface area contributed by atoms with Crippen LogP contribution in [0.25, 0.3) is 10.9 Å². The van der Waals surface area contributed by atoms with Gasteiger partial charge < -0.3 is 31.1 Å². The highest BCUT2D eigenvalue weighted by Crippen LogP contribution is 2.19. The molecule has 1 heterocycles. The van der Waals surface area contributed by atoms with Gasteiger partial charge in [0.1, 0.15) is 5.69 Å². The van der Waals surface area contributed by atoms with Gasteiger partial charge in [-0.3, -0.25) is 4.79 Å². The van der Waals surface area contributed by atoms with Crippen molar-refractivity contribution in [1.29, 1.82) is 0 Å². The van der Waals surface area contributed by atoms with E-state index in [4.69, 9.17) is 10.2 Å². The Morgan fingerprint density at radius 1 is 0.906 bits per heavy atom. The lowest BCUT2D eigenvalue weighted by atomic mass is 10.0. The van der Waals surface area contributed by atoms with E-state index in [0.29, 0.717) is 18.5 Å². The molecule has 32 heavy (non-hydrogen) atoms. The van der Waals surface area contributed by atoms with E-state index in [-0.39, 0.29) is 19.0 Å². The van der Waals surface area contributed by atoms with Gasteiger partial charge in [-0.25, -0.2) is 9.59 Å². The second-order valence-corrected chi connectivity index (χ2v) is 7.50. The fraction of sp³-hybridized carbons (Fsp3) is 0.261. The van der Waals surface area contributed by atoms with Crippen molar-refractivity contribution in [3.63, 3.8) is 0 Å². The SMILES string of the molecule is O=C(O)NCCCC(CNC(=O)c1cc2ccc(Cc3ccccc3)cc2[nH]1)NC(=O)O. The number of aromatic nitrogens is 1. The summed E-state index contributed by atoms with van der Waals surface area (Å²) in [6, 6.07) is 17.3. The van der Waals surface area contributed by atoms with Crippen molar-refractivity contribution in [2.75, 3.05) is 13.1 Å². The van der Waals surface area contributed by atoms with E-state index in [2.05, 4.69) is 33.1 Å². The molecule has 1 aromatic heterocycles. The van der Waals surface area contributed by atoms with Crippen LogP contribution in [0, 0.1) is 0 Å². The molecule has 0 aliphatic carbocycles. The second-order valence-electron chi connectivity index (χ2n) is 7.50. The summed E-state index contributed by atoms with van der Waals surface area (Å²) in [5.74, 6) is -0.341. The van der Waals surface area contributed by atoms with Gasteiger partial charge in [-0.15, -0.1) is 0 Å². The predicted molar refractivity (Wildman–Crippen MR) is 120 cm³/mol. The van der Waals surface area contributed by atoms with E-state index in [1.807, 2.05) is 36.4 Å². The van der Waals surface area contributed by atoms with Crippen molar-refractivity contribution in [3.8, 4) is 0 Å². The summed E-state index contributed by atoms with van der Waals surface area (Å²) in [6.07, 6.45) is -0.735. The van der Waals surface area contributed by atoms with E-state index in [1.165, 1.54) is 5.56 Å². The minimum atomic E-state index is -1.20. The van der Waals surface area contributed by atoms with Crippen LogP contribution in [0.15, 0.2) is 54.6 Å². The number of amides is 3. The maximum Gasteiger partial charge on any atom is 0.404 e. The standard InChI is InChI=1S/C23H26N4O5/c28-21(25-14-18(26-23(31)32)7-4-10-24-22(29)30)20-13-17-9-8-16(12-19(17)27-20)11-15-5-2-1-3-6-15/h1-3,5-6,8-9,12-13,18,24,26-27H,4,7,10-11,14H2,(H,25,28)(H,29,30)(H,31,32). The molecule has 2 aromatic carbocycles. The molecule has 0 fully saturated rings. The molecule has 0 saturated heterocycles. The molecule has 9 heteroatoms. The van der Waals surface area contributed by atoms with Gasteiger partial charge in [0.25, 0.3) is 5.91 Å². The number of carboxylic acid groups (broad SMARTS) is 2. The number of hydrogen-bond donors (Lipinski definition) is 6. The summed E-state index contributed by atoms with van der Waals surface area (Å²) in [4.78, 5) is 37.2. The molecule has 0 radical (unpaired) electrons. The monoisotopic (exact) mass is 438 g/mol. The van der Waals surface area contributed by atoms with Crippen LogP contribution >= 0.6 is 0 Å². The normalized spacial score (nSPS) is 11.6. The summed E-state index contributed by atoms with van der Waals surface area (Å²) in [7, 11) is 0. The molecule has 0 bridgehead atoms. The van der Waals surface area contributed by atoms with E-state index < -0.39 is 18.2 Å². The Morgan fingerprint density at radius 2 is 1.69 bits per heavy atom. The lowest BCUT2D eigenvalue weighted by Crippen LogP contribution is -2.43. The first-order valence-electron chi connectivity index (χ1n) is 10.3. The Morgan fingerprint density at radius 3 is 2.41 bits per heavy atom. The summed E-state index contributed by atoms with van der Waals surface area (Å²) < 4.78 is 0. The molecule has 0 saturated carbocycles. The first-order valence-corrected chi connectivity index (χ1v) is 10.3. The van der Waals surface area contributed by atoms with Crippen molar-refractivity contribution in [1.82, 2.24) is 20.9 Å². The molecule has 3 aromatic rings. The van der Waals surface area contributed by atoms with Gasteiger partial charge >= 0.3 is 12.2 Å². The molecular weight excluding hydrogens is 412 g/mol. The van der Waals surface area contributed by atoms with Crippen molar-refractivity contribution in [2.24, 2.45) is 0 Å². The topological polar surface area (TPSA) is 144 Å². The van der Waals surface area contributed by atoms with Crippen LogP contribution in [-0.2, 0) is 6.42 Å². The van der Waals surface area contributed by atoms with E-state index >= 15 is 0 Å². The average Bonchev–Trinajstić information content (AvgIpc) is 3.18. The molecule has 1 atom stereocenters. The number of rotatable bonds is 10. The zero-order chi connectivity index (χ0) is 22.9. The van der Waals surface area contributed by atoms with E-state index in [0.717, 1.165) is 22.9 Å². The van der Waals surface area contributed by atoms with Crippen molar-refractivity contribution in [3.05, 3.63) is 71.4 Å². The zero-order valence-electron chi connectivity index (χ0n) is 17.4. The van der Waals surface area contributed by atoms with Crippen LogP contribution in [0.3, 0.4) is 0 Å². The quantitative estimate of drug-likeness (QED) is 0.270. The number of nitrogens with one attached hydrogen (secondary N) is 4. The number of aromatic amines is 1. The highest BCUT2D eigenvalue weighted by atomic mass is 16.4. The van der Waals surface area contributed by atoms with Crippen molar-refractivity contribution < 1.29 is 24.6 Å². The average molecular weight is 438 g/mol. The Labute approximate surface area is 184 Å². The Hall–Kier alpha value is -4.01. The second kappa shape index (κ2) is 10.9. The number of fused-ring (bicyclic) bond motifs is 1. The minimum Gasteiger partial charge on any atom is -0.465 e. The highest BCUT2D eigenvalue weighted by molar-refractivity contribution is 5.98. The van der Waals surface area contributed by atoms with Gasteiger partial charge in [0.15, 0.2) is 0 Å². The fourth-order valence-corrected chi connectivity index (χ4v) is 3.49. The largest absolute Gasteiger partial charge is 0.465 e. The number of hydrogen-bond acceptors (Lipinski definition) is 3. The fourth-order valence-electron chi connectivity index (χ4n) is 3.49. The highest BCUT2D eigenvalue weighted by Gasteiger charge is 2.15. The lowest BCUT2D eigenvalue weighted by Gasteiger charge is -2.17. The number of carbonyl (C=O) groups excluding carboxylic acids is 1. The maximum atomic E-state index is 12.6. The van der Waals surface area contributed by atoms with Crippen LogP contribution in [-0.4, -0.2) is 52.4 Å². The first-order chi connectivity index (χ1) is 15.4. The van der Waals surface area contributed by atoms with Gasteiger partial charge in [0, 0.05) is 30.0 Å². The number of benzene rings is 2. The van der Waals surface area contributed by atoms with Crippen LogP contribution in [0.1, 0.15) is 34.5 Å². The molecule has 3 rings (SSSR count). The third kappa shape index (κ3) is 6.76. The number of H-pyrrole nitrogens is 1. The number of carbonyl (C=O) groups is 3. The lowest BCUT2D eigenvalue weighted by molar-refractivity contribution is 0.0943. The minimum absolute atomic E-state index is 0.0901. The molecule has 1 unspecified atom stereocenters. The van der Waals surface area contributed by atoms with Gasteiger partial charge in [-0.1, -0.05) is 42.5 Å². The summed E-state index contributed by atoms with van der Waals surface area (Å²) in [6.45, 7) is 0.293. The Balaban J connectivity index is 1.59. The third-order valence-electron chi connectivity index (χ3n) is 5.02. The predicted octanol–water partition coefficient (Wildman–Crippen LogP) is 3.17. The van der Waals surface area contributed by atoms with Gasteiger partial charge in [-0.2, -0.15) is 0 Å². The Bertz CT molecular complexity index is 1080. The van der Waals surface area contributed by atoms with Crippen LogP contribution < -0.4 is 16.0 Å². The summed E-state index contributed by atoms with van der Waals surface area (Å²) in [5, 5.41) is 25.8. The molecule has 6 N–H and O–H groups in total. The van der Waals surface area contributed by atoms with Crippen molar-refractivity contribution >= 4 is 29.0 Å². The van der Waals surface area contributed by atoms with Gasteiger partial charge in [0.2, 0.25) is 0 Å². The van der Waals surface area contributed by atoms with E-state index in [9.17, 15) is 14.4 Å². The molecule has 9 nitrogen and oxygen atoms in total. The van der Waals surface area contributed by atoms with E-state index in [1.54, 1.807) is 6.07 Å². The molecule has 0 aliphatic rings. The van der Waals surface area contributed by atoms with Gasteiger partial charge in [0.05, 0.1) is 0 Å². The Kier molecular flexibility index (Phi) is 7.69. The first kappa shape index (κ1) is 22.7. The van der Waals surface area contributed by atoms with Crippen LogP contribution in [0.2, 0.25) is 0 Å².